The molecule has 0 amide bonds. The first-order chi connectivity index (χ1) is 11.3. The zero-order chi connectivity index (χ0) is 17.1. The first-order valence-corrected chi connectivity index (χ1v) is 8.63. The standard InChI is InChI=1S/C21H24N2O/c1-20(2)9-10-21(3,4)16-12-14(7-8-15(16)20)17-13-23-11-5-6-18(23)19(24)22-17/h5-8,11-13H,9-10H2,1-4H3,(H,22,24). The quantitative estimate of drug-likeness (QED) is 0.696. The predicted molar refractivity (Wildman–Crippen MR) is 98.7 cm³/mol. The number of hydrogen-bond acceptors (Lipinski definition) is 1. The molecule has 0 bridgehead atoms. The Hall–Kier alpha value is -2.29. The topological polar surface area (TPSA) is 37.3 Å². The SMILES string of the molecule is CC1(C)CCC(C)(C)c2cc(-c3cn4cccc4c(=O)[nH]3)ccc21. The monoisotopic (exact) mass is 320 g/mol. The number of fused-ring (bicyclic) bond motifs is 2. The molecule has 1 aromatic carbocycles. The van der Waals surface area contributed by atoms with Crippen LogP contribution in [0.3, 0.4) is 0 Å². The van der Waals surface area contributed by atoms with Crippen molar-refractivity contribution in [2.24, 2.45) is 0 Å². The van der Waals surface area contributed by atoms with Crippen molar-refractivity contribution >= 4 is 5.52 Å². The van der Waals surface area contributed by atoms with E-state index in [9.17, 15) is 4.79 Å². The molecule has 3 nitrogen and oxygen atoms in total. The van der Waals surface area contributed by atoms with Crippen LogP contribution in [0.15, 0.2) is 47.5 Å². The number of nitrogens with one attached hydrogen (secondary N) is 1. The summed E-state index contributed by atoms with van der Waals surface area (Å²) in [7, 11) is 0. The lowest BCUT2D eigenvalue weighted by Gasteiger charge is -2.42. The minimum absolute atomic E-state index is 0.0465. The third-order valence-electron chi connectivity index (χ3n) is 5.69. The number of hydrogen-bond donors (Lipinski definition) is 1. The molecule has 3 heteroatoms. The van der Waals surface area contributed by atoms with Gasteiger partial charge in [0, 0.05) is 12.4 Å². The predicted octanol–water partition coefficient (Wildman–Crippen LogP) is 4.64. The molecule has 0 radical (unpaired) electrons. The van der Waals surface area contributed by atoms with E-state index >= 15 is 0 Å². The summed E-state index contributed by atoms with van der Waals surface area (Å²) in [5.41, 5.74) is 5.79. The van der Waals surface area contributed by atoms with Gasteiger partial charge < -0.3 is 9.38 Å². The first-order valence-electron chi connectivity index (χ1n) is 8.63. The van der Waals surface area contributed by atoms with Crippen molar-refractivity contribution < 1.29 is 0 Å². The number of rotatable bonds is 1. The highest BCUT2D eigenvalue weighted by molar-refractivity contribution is 5.64. The molecule has 2 heterocycles. The van der Waals surface area contributed by atoms with Gasteiger partial charge in [-0.05, 0) is 58.6 Å². The van der Waals surface area contributed by atoms with E-state index in [0.717, 1.165) is 11.3 Å². The second kappa shape index (κ2) is 4.85. The van der Waals surface area contributed by atoms with Gasteiger partial charge in [0.2, 0.25) is 0 Å². The summed E-state index contributed by atoms with van der Waals surface area (Å²) in [4.78, 5) is 15.3. The molecule has 24 heavy (non-hydrogen) atoms. The van der Waals surface area contributed by atoms with Crippen molar-refractivity contribution in [3.8, 4) is 11.3 Å². The van der Waals surface area contributed by atoms with Crippen molar-refractivity contribution in [2.75, 3.05) is 0 Å². The van der Waals surface area contributed by atoms with Crippen LogP contribution < -0.4 is 5.56 Å². The van der Waals surface area contributed by atoms with Crippen LogP contribution in [0.1, 0.15) is 51.7 Å². The molecule has 0 spiro atoms. The fraction of sp³-hybridized carbons (Fsp3) is 0.381. The Balaban J connectivity index is 1.92. The number of benzene rings is 1. The molecule has 0 atom stereocenters. The molecule has 0 saturated carbocycles. The lowest BCUT2D eigenvalue weighted by molar-refractivity contribution is 0.332. The van der Waals surface area contributed by atoms with Gasteiger partial charge in [-0.25, -0.2) is 0 Å². The summed E-state index contributed by atoms with van der Waals surface area (Å²) in [6.45, 7) is 9.30. The molecule has 2 aromatic heterocycles. The van der Waals surface area contributed by atoms with Gasteiger partial charge in [-0.1, -0.05) is 39.8 Å². The maximum absolute atomic E-state index is 12.3. The van der Waals surface area contributed by atoms with Gasteiger partial charge in [-0.3, -0.25) is 4.79 Å². The lowest BCUT2D eigenvalue weighted by atomic mass is 9.63. The fourth-order valence-electron chi connectivity index (χ4n) is 3.96. The van der Waals surface area contributed by atoms with E-state index in [-0.39, 0.29) is 16.4 Å². The van der Waals surface area contributed by atoms with Gasteiger partial charge in [-0.15, -0.1) is 0 Å². The normalized spacial score (nSPS) is 18.5. The van der Waals surface area contributed by atoms with Crippen LogP contribution in [-0.4, -0.2) is 9.38 Å². The second-order valence-corrected chi connectivity index (χ2v) is 8.33. The maximum Gasteiger partial charge on any atom is 0.272 e. The molecule has 0 aliphatic heterocycles. The Morgan fingerprint density at radius 1 is 1.00 bits per heavy atom. The van der Waals surface area contributed by atoms with Crippen LogP contribution in [0.2, 0.25) is 0 Å². The third-order valence-corrected chi connectivity index (χ3v) is 5.69. The summed E-state index contributed by atoms with van der Waals surface area (Å²) >= 11 is 0. The highest BCUT2D eigenvalue weighted by Gasteiger charge is 2.37. The van der Waals surface area contributed by atoms with Crippen LogP contribution in [0.5, 0.6) is 0 Å². The van der Waals surface area contributed by atoms with Crippen LogP contribution in [0.25, 0.3) is 16.8 Å². The second-order valence-electron chi connectivity index (χ2n) is 8.33. The molecule has 1 aliphatic rings. The Morgan fingerprint density at radius 2 is 1.71 bits per heavy atom. The van der Waals surface area contributed by atoms with Crippen LogP contribution in [0.4, 0.5) is 0 Å². The summed E-state index contributed by atoms with van der Waals surface area (Å²) < 4.78 is 1.89. The molecule has 0 fully saturated rings. The third kappa shape index (κ3) is 2.22. The molecule has 3 aromatic rings. The average Bonchev–Trinajstić information content (AvgIpc) is 3.01. The number of aromatic amines is 1. The van der Waals surface area contributed by atoms with Gasteiger partial charge in [0.1, 0.15) is 5.52 Å². The highest BCUT2D eigenvalue weighted by Crippen LogP contribution is 2.46. The van der Waals surface area contributed by atoms with Crippen LogP contribution >= 0.6 is 0 Å². The van der Waals surface area contributed by atoms with E-state index in [1.807, 2.05) is 28.9 Å². The molecular formula is C21H24N2O. The van der Waals surface area contributed by atoms with Gasteiger partial charge in [0.15, 0.2) is 0 Å². The maximum atomic E-state index is 12.3. The van der Waals surface area contributed by atoms with E-state index in [0.29, 0.717) is 5.52 Å². The van der Waals surface area contributed by atoms with Crippen molar-refractivity contribution in [1.29, 1.82) is 0 Å². The Kier molecular flexibility index (Phi) is 3.08. The highest BCUT2D eigenvalue weighted by atomic mass is 16.1. The summed E-state index contributed by atoms with van der Waals surface area (Å²) in [5.74, 6) is 0. The Bertz CT molecular complexity index is 988. The summed E-state index contributed by atoms with van der Waals surface area (Å²) in [6.07, 6.45) is 6.31. The van der Waals surface area contributed by atoms with Crippen molar-refractivity contribution in [3.05, 3.63) is 64.2 Å². The van der Waals surface area contributed by atoms with Gasteiger partial charge >= 0.3 is 0 Å². The van der Waals surface area contributed by atoms with E-state index in [2.05, 4.69) is 50.9 Å². The van der Waals surface area contributed by atoms with E-state index in [1.54, 1.807) is 0 Å². The Morgan fingerprint density at radius 3 is 2.46 bits per heavy atom. The van der Waals surface area contributed by atoms with E-state index < -0.39 is 0 Å². The largest absolute Gasteiger partial charge is 0.319 e. The van der Waals surface area contributed by atoms with Gasteiger partial charge in [0.25, 0.3) is 5.56 Å². The summed E-state index contributed by atoms with van der Waals surface area (Å²) in [6, 6.07) is 10.4. The van der Waals surface area contributed by atoms with Crippen molar-refractivity contribution in [1.82, 2.24) is 9.38 Å². The first kappa shape index (κ1) is 15.3. The molecule has 124 valence electrons. The van der Waals surface area contributed by atoms with E-state index in [4.69, 9.17) is 0 Å². The van der Waals surface area contributed by atoms with Gasteiger partial charge in [0.05, 0.1) is 5.69 Å². The minimum atomic E-state index is -0.0465. The van der Waals surface area contributed by atoms with Crippen LogP contribution in [-0.2, 0) is 10.8 Å². The van der Waals surface area contributed by atoms with E-state index in [1.165, 1.54) is 24.0 Å². The summed E-state index contributed by atoms with van der Waals surface area (Å²) in [5, 5.41) is 0. The minimum Gasteiger partial charge on any atom is -0.319 e. The van der Waals surface area contributed by atoms with Crippen molar-refractivity contribution in [2.45, 2.75) is 51.4 Å². The smallest absolute Gasteiger partial charge is 0.272 e. The molecule has 0 unspecified atom stereocenters. The molecule has 1 N–H and O–H groups in total. The zero-order valence-corrected chi connectivity index (χ0v) is 14.8. The van der Waals surface area contributed by atoms with Crippen molar-refractivity contribution in [3.63, 3.8) is 0 Å². The van der Waals surface area contributed by atoms with Crippen LogP contribution in [0, 0.1) is 0 Å². The zero-order valence-electron chi connectivity index (χ0n) is 14.8. The molecule has 4 rings (SSSR count). The molecule has 0 saturated heterocycles. The number of H-pyrrole nitrogens is 1. The lowest BCUT2D eigenvalue weighted by Crippen LogP contribution is -2.33. The number of aromatic nitrogens is 2. The number of nitrogens with zero attached hydrogens (tertiary/aromatic N) is 1. The average molecular weight is 320 g/mol. The van der Waals surface area contributed by atoms with Gasteiger partial charge in [-0.2, -0.15) is 0 Å². The Labute approximate surface area is 142 Å². The molecular weight excluding hydrogens is 296 g/mol. The molecule has 1 aliphatic carbocycles. The fourth-order valence-corrected chi connectivity index (χ4v) is 3.96.